The Bertz CT molecular complexity index is 858. The molecule has 8 nitrogen and oxygen atoms in total. The van der Waals surface area contributed by atoms with Gasteiger partial charge in [0.25, 0.3) is 0 Å². The Labute approximate surface area is 183 Å². The Morgan fingerprint density at radius 2 is 1.97 bits per heavy atom. The highest BCUT2D eigenvalue weighted by Gasteiger charge is 2.36. The minimum atomic E-state index is -0.602. The molecule has 8 heteroatoms. The molecule has 1 aromatic carbocycles. The van der Waals surface area contributed by atoms with E-state index in [1.54, 1.807) is 0 Å². The van der Waals surface area contributed by atoms with E-state index in [0.717, 1.165) is 18.7 Å². The van der Waals surface area contributed by atoms with Gasteiger partial charge >= 0.3 is 6.09 Å². The third-order valence-electron chi connectivity index (χ3n) is 5.76. The molecule has 0 unspecified atom stereocenters. The molecule has 1 amide bonds. The number of hydrogen-bond donors (Lipinski definition) is 1. The largest absolute Gasteiger partial charge is 0.444 e. The van der Waals surface area contributed by atoms with Crippen LogP contribution >= 0.6 is 0 Å². The number of nitrogens with one attached hydrogen (secondary N) is 1. The van der Waals surface area contributed by atoms with Gasteiger partial charge in [-0.25, -0.2) is 4.79 Å². The van der Waals surface area contributed by atoms with E-state index in [1.807, 2.05) is 51.1 Å². The summed E-state index contributed by atoms with van der Waals surface area (Å²) in [6.45, 7) is 7.62. The Kier molecular flexibility index (Phi) is 6.57. The van der Waals surface area contributed by atoms with E-state index in [4.69, 9.17) is 19.0 Å². The van der Waals surface area contributed by atoms with Gasteiger partial charge in [0.2, 0.25) is 5.89 Å². The molecule has 2 aromatic rings. The SMILES string of the molecule is CC(C)(C)OC(=O)N[C@H](c1ccccc1)c1noc([C@H]2COCCN2C2CCCC2)n1. The summed E-state index contributed by atoms with van der Waals surface area (Å²) in [6.07, 6.45) is 4.40. The van der Waals surface area contributed by atoms with Gasteiger partial charge in [-0.15, -0.1) is 0 Å². The van der Waals surface area contributed by atoms with E-state index in [1.165, 1.54) is 25.7 Å². The summed E-state index contributed by atoms with van der Waals surface area (Å²) >= 11 is 0. The van der Waals surface area contributed by atoms with Gasteiger partial charge in [-0.1, -0.05) is 48.3 Å². The van der Waals surface area contributed by atoms with Crippen LogP contribution in [-0.4, -0.2) is 52.5 Å². The fourth-order valence-electron chi connectivity index (χ4n) is 4.37. The molecule has 0 radical (unpaired) electrons. The lowest BCUT2D eigenvalue weighted by Gasteiger charge is -2.37. The number of hydrogen-bond acceptors (Lipinski definition) is 7. The van der Waals surface area contributed by atoms with Gasteiger partial charge in [-0.2, -0.15) is 4.98 Å². The number of rotatable bonds is 5. The minimum Gasteiger partial charge on any atom is -0.444 e. The molecule has 2 fully saturated rings. The molecule has 2 heterocycles. The summed E-state index contributed by atoms with van der Waals surface area (Å²) < 4.78 is 16.9. The van der Waals surface area contributed by atoms with Crippen molar-refractivity contribution in [2.24, 2.45) is 0 Å². The number of amides is 1. The van der Waals surface area contributed by atoms with Crippen molar-refractivity contribution in [1.29, 1.82) is 0 Å². The number of aromatic nitrogens is 2. The van der Waals surface area contributed by atoms with Crippen molar-refractivity contribution in [2.45, 2.75) is 70.2 Å². The number of carbonyl (C=O) groups excluding carboxylic acids is 1. The van der Waals surface area contributed by atoms with E-state index >= 15 is 0 Å². The van der Waals surface area contributed by atoms with E-state index < -0.39 is 17.7 Å². The summed E-state index contributed by atoms with van der Waals surface area (Å²) in [5.41, 5.74) is 0.253. The lowest BCUT2D eigenvalue weighted by Crippen LogP contribution is -2.45. The first-order valence-electron chi connectivity index (χ1n) is 11.1. The minimum absolute atomic E-state index is 0.0592. The van der Waals surface area contributed by atoms with Crippen molar-refractivity contribution < 1.29 is 18.8 Å². The third-order valence-corrected chi connectivity index (χ3v) is 5.76. The van der Waals surface area contributed by atoms with Crippen molar-refractivity contribution in [3.63, 3.8) is 0 Å². The van der Waals surface area contributed by atoms with Gasteiger partial charge in [0.05, 0.1) is 13.2 Å². The molecule has 1 aliphatic carbocycles. The molecule has 2 aliphatic rings. The van der Waals surface area contributed by atoms with Crippen LogP contribution in [0.5, 0.6) is 0 Å². The van der Waals surface area contributed by atoms with Gasteiger partial charge in [-0.3, -0.25) is 4.90 Å². The molecule has 31 heavy (non-hydrogen) atoms. The van der Waals surface area contributed by atoms with E-state index in [2.05, 4.69) is 15.4 Å². The molecule has 1 aromatic heterocycles. The molecule has 168 valence electrons. The molecular formula is C23H32N4O4. The maximum atomic E-state index is 12.5. The van der Waals surface area contributed by atoms with Crippen LogP contribution in [0.25, 0.3) is 0 Å². The van der Waals surface area contributed by atoms with Crippen LogP contribution in [0.1, 0.15) is 75.8 Å². The molecule has 1 saturated carbocycles. The Morgan fingerprint density at radius 3 is 2.68 bits per heavy atom. The van der Waals surface area contributed by atoms with Crippen molar-refractivity contribution >= 4 is 6.09 Å². The lowest BCUT2D eigenvalue weighted by atomic mass is 10.1. The second-order valence-corrected chi connectivity index (χ2v) is 9.25. The predicted molar refractivity (Wildman–Crippen MR) is 114 cm³/mol. The molecule has 1 N–H and O–H groups in total. The second-order valence-electron chi connectivity index (χ2n) is 9.25. The summed E-state index contributed by atoms with van der Waals surface area (Å²) in [6, 6.07) is 9.50. The highest BCUT2D eigenvalue weighted by Crippen LogP contribution is 2.33. The van der Waals surface area contributed by atoms with Crippen LogP contribution in [0.2, 0.25) is 0 Å². The average Bonchev–Trinajstić information content (AvgIpc) is 3.44. The number of morpholine rings is 1. The van der Waals surface area contributed by atoms with Crippen LogP contribution in [0.3, 0.4) is 0 Å². The van der Waals surface area contributed by atoms with E-state index in [-0.39, 0.29) is 6.04 Å². The second kappa shape index (κ2) is 9.36. The first-order valence-corrected chi connectivity index (χ1v) is 11.1. The number of alkyl carbamates (subject to hydrolysis) is 1. The van der Waals surface area contributed by atoms with Gasteiger partial charge in [0, 0.05) is 12.6 Å². The van der Waals surface area contributed by atoms with Gasteiger partial charge in [-0.05, 0) is 39.2 Å². The maximum Gasteiger partial charge on any atom is 0.408 e. The average molecular weight is 429 g/mol. The van der Waals surface area contributed by atoms with Crippen LogP contribution < -0.4 is 5.32 Å². The summed E-state index contributed by atoms with van der Waals surface area (Å²) in [5, 5.41) is 7.14. The van der Waals surface area contributed by atoms with Gasteiger partial charge < -0.3 is 19.3 Å². The topological polar surface area (TPSA) is 89.7 Å². The van der Waals surface area contributed by atoms with Crippen LogP contribution in [0.4, 0.5) is 4.79 Å². The molecule has 0 spiro atoms. The van der Waals surface area contributed by atoms with Crippen LogP contribution in [0, 0.1) is 0 Å². The number of nitrogens with zero attached hydrogens (tertiary/aromatic N) is 3. The van der Waals surface area contributed by atoms with Crippen molar-refractivity contribution in [2.75, 3.05) is 19.8 Å². The predicted octanol–water partition coefficient (Wildman–Crippen LogP) is 4.00. The number of ether oxygens (including phenoxy) is 2. The zero-order chi connectivity index (χ0) is 21.8. The van der Waals surface area contributed by atoms with Crippen LogP contribution in [0.15, 0.2) is 34.9 Å². The standard InChI is InChI=1S/C23H32N4O4/c1-23(2,3)30-22(28)24-19(16-9-5-4-6-10-16)20-25-21(31-26-20)18-15-29-14-13-27(18)17-11-7-8-12-17/h4-6,9-10,17-19H,7-8,11-15H2,1-3H3,(H,24,28)/t18-,19-/m1/s1. The molecule has 1 aliphatic heterocycles. The normalized spacial score (nSPS) is 21.7. The smallest absolute Gasteiger partial charge is 0.408 e. The van der Waals surface area contributed by atoms with E-state index in [9.17, 15) is 4.79 Å². The van der Waals surface area contributed by atoms with E-state index in [0.29, 0.717) is 24.4 Å². The van der Waals surface area contributed by atoms with Crippen LogP contribution in [-0.2, 0) is 9.47 Å². The molecule has 4 rings (SSSR count). The molecule has 0 bridgehead atoms. The van der Waals surface area contributed by atoms with Crippen molar-refractivity contribution in [3.05, 3.63) is 47.6 Å². The summed E-state index contributed by atoms with van der Waals surface area (Å²) in [5.74, 6) is 0.942. The van der Waals surface area contributed by atoms with Crippen molar-refractivity contribution in [1.82, 2.24) is 20.4 Å². The lowest BCUT2D eigenvalue weighted by molar-refractivity contribution is -0.0397. The number of benzene rings is 1. The fourth-order valence-corrected chi connectivity index (χ4v) is 4.37. The summed E-state index contributed by atoms with van der Waals surface area (Å²) in [7, 11) is 0. The van der Waals surface area contributed by atoms with Gasteiger partial charge in [0.15, 0.2) is 5.82 Å². The first-order chi connectivity index (χ1) is 14.9. The fraction of sp³-hybridized carbons (Fsp3) is 0.609. The molecule has 2 atom stereocenters. The highest BCUT2D eigenvalue weighted by atomic mass is 16.6. The maximum absolute atomic E-state index is 12.5. The van der Waals surface area contributed by atoms with Gasteiger partial charge in [0.1, 0.15) is 17.7 Å². The Balaban J connectivity index is 1.57. The molecule has 1 saturated heterocycles. The zero-order valence-corrected chi connectivity index (χ0v) is 18.5. The number of carbonyl (C=O) groups is 1. The third kappa shape index (κ3) is 5.43. The van der Waals surface area contributed by atoms with Crippen molar-refractivity contribution in [3.8, 4) is 0 Å². The Hall–Kier alpha value is -2.45. The summed E-state index contributed by atoms with van der Waals surface area (Å²) in [4.78, 5) is 19.7. The molecular weight excluding hydrogens is 396 g/mol. The highest BCUT2D eigenvalue weighted by molar-refractivity contribution is 5.69. The monoisotopic (exact) mass is 428 g/mol. The Morgan fingerprint density at radius 1 is 1.23 bits per heavy atom. The zero-order valence-electron chi connectivity index (χ0n) is 18.5. The quantitative estimate of drug-likeness (QED) is 0.770. The first kappa shape index (κ1) is 21.8.